The average Bonchev–Trinajstić information content (AvgIpc) is 3.68. The molecule has 1 aromatic heterocycles. The van der Waals surface area contributed by atoms with E-state index < -0.39 is 41.3 Å². The maximum absolute atomic E-state index is 14.0. The molecule has 2 fully saturated rings. The summed E-state index contributed by atoms with van der Waals surface area (Å²) in [4.78, 5) is 24.7. The van der Waals surface area contributed by atoms with Crippen LogP contribution in [0.25, 0.3) is 0 Å². The predicted octanol–water partition coefficient (Wildman–Crippen LogP) is 6.66. The molecule has 1 saturated carbocycles. The first-order valence-corrected chi connectivity index (χ1v) is 15.6. The van der Waals surface area contributed by atoms with E-state index in [4.69, 9.17) is 5.73 Å². The molecule has 15 heteroatoms. The van der Waals surface area contributed by atoms with Crippen LogP contribution in [0.5, 0.6) is 0 Å². The van der Waals surface area contributed by atoms with Crippen LogP contribution in [0.3, 0.4) is 0 Å². The van der Waals surface area contributed by atoms with E-state index >= 15 is 0 Å². The standard InChI is InChI=1S/C31H33F7N6OS/c1-40-27(39)43-28-42-25(17-46-28)29(26(45)41-16-18-12-21(30(33,34)35)14-22(13-18)31(36,37)38)9-6-24(15-29)44-10-7-20(8-11-44)19-2-4-23(32)5-3-19/h2-5,12-14,17,20,24H,6-11,15-16H2,1H3,(H,41,45)(H3,39,40,42,43). The van der Waals surface area contributed by atoms with Crippen LogP contribution < -0.4 is 16.4 Å². The van der Waals surface area contributed by atoms with E-state index in [1.165, 1.54) is 30.5 Å². The summed E-state index contributed by atoms with van der Waals surface area (Å²) in [5, 5.41) is 7.57. The number of aromatic nitrogens is 1. The SMILES string of the molecule is CN=C(N)Nc1nc(C2(C(=O)NCc3cc(C(F)(F)F)cc(C(F)(F)F)c3)CCC(N3CCC(c4ccc(F)cc4)CC3)C2)cs1. The van der Waals surface area contributed by atoms with Gasteiger partial charge < -0.3 is 21.3 Å². The number of halogens is 7. The van der Waals surface area contributed by atoms with Gasteiger partial charge in [-0.3, -0.25) is 9.79 Å². The number of guanidine groups is 1. The van der Waals surface area contributed by atoms with Crippen molar-refractivity contribution in [2.45, 2.75) is 68.4 Å². The van der Waals surface area contributed by atoms with Crippen LogP contribution in [0.1, 0.15) is 66.0 Å². The highest BCUT2D eigenvalue weighted by atomic mass is 32.1. The van der Waals surface area contributed by atoms with Crippen molar-refractivity contribution in [3.8, 4) is 0 Å². The van der Waals surface area contributed by atoms with Crippen LogP contribution >= 0.6 is 11.3 Å². The number of anilines is 1. The summed E-state index contributed by atoms with van der Waals surface area (Å²) >= 11 is 1.20. The second-order valence-corrected chi connectivity index (χ2v) is 12.6. The maximum Gasteiger partial charge on any atom is 0.416 e. The molecule has 3 aromatic rings. The molecule has 0 spiro atoms. The van der Waals surface area contributed by atoms with Gasteiger partial charge in [0.1, 0.15) is 5.82 Å². The van der Waals surface area contributed by atoms with E-state index in [0.717, 1.165) is 31.5 Å². The molecule has 0 radical (unpaired) electrons. The molecule has 2 unspecified atom stereocenters. The van der Waals surface area contributed by atoms with Crippen molar-refractivity contribution in [2.75, 3.05) is 25.5 Å². The second kappa shape index (κ2) is 13.2. The number of nitrogens with zero attached hydrogens (tertiary/aromatic N) is 3. The molecule has 1 aliphatic carbocycles. The lowest BCUT2D eigenvalue weighted by molar-refractivity contribution is -0.143. The first kappa shape index (κ1) is 33.6. The van der Waals surface area contributed by atoms with E-state index in [-0.39, 0.29) is 35.4 Å². The van der Waals surface area contributed by atoms with Crippen LogP contribution in [-0.4, -0.2) is 47.9 Å². The number of thiazole rings is 1. The number of alkyl halides is 6. The van der Waals surface area contributed by atoms with Crippen molar-refractivity contribution in [1.29, 1.82) is 0 Å². The van der Waals surface area contributed by atoms with Gasteiger partial charge in [-0.05, 0) is 92.6 Å². The van der Waals surface area contributed by atoms with Gasteiger partial charge in [0, 0.05) is 25.0 Å². The lowest BCUT2D eigenvalue weighted by Crippen LogP contribution is -2.45. The van der Waals surface area contributed by atoms with E-state index in [2.05, 4.69) is 25.5 Å². The fourth-order valence-electron chi connectivity index (χ4n) is 6.41. The molecule has 2 aliphatic rings. The summed E-state index contributed by atoms with van der Waals surface area (Å²) < 4.78 is 94.0. The average molecular weight is 671 g/mol. The Bertz CT molecular complexity index is 1530. The molecule has 2 heterocycles. The smallest absolute Gasteiger partial charge is 0.370 e. The summed E-state index contributed by atoms with van der Waals surface area (Å²) in [5.74, 6) is -0.437. The topological polar surface area (TPSA) is 95.6 Å². The third-order valence-corrected chi connectivity index (χ3v) is 9.64. The van der Waals surface area contributed by atoms with Crippen LogP contribution in [0.2, 0.25) is 0 Å². The minimum absolute atomic E-state index is 0.00862. The third-order valence-electron chi connectivity index (χ3n) is 8.88. The molecule has 7 nitrogen and oxygen atoms in total. The first-order valence-electron chi connectivity index (χ1n) is 14.7. The Morgan fingerprint density at radius 1 is 1.04 bits per heavy atom. The van der Waals surface area contributed by atoms with E-state index in [0.29, 0.717) is 42.2 Å². The molecule has 2 aromatic carbocycles. The quantitative estimate of drug-likeness (QED) is 0.149. The fourth-order valence-corrected chi connectivity index (χ4v) is 7.22. The summed E-state index contributed by atoms with van der Waals surface area (Å²) in [6.45, 7) is 0.969. The number of likely N-dealkylation sites (tertiary alicyclic amines) is 1. The number of nitrogens with two attached hydrogens (primary N) is 1. The number of hydrogen-bond donors (Lipinski definition) is 3. The van der Waals surface area contributed by atoms with Gasteiger partial charge >= 0.3 is 12.4 Å². The van der Waals surface area contributed by atoms with Crippen molar-refractivity contribution in [1.82, 2.24) is 15.2 Å². The van der Waals surface area contributed by atoms with Crippen LogP contribution in [0, 0.1) is 5.82 Å². The normalized spacial score (nSPS) is 21.8. The van der Waals surface area contributed by atoms with Crippen molar-refractivity contribution >= 4 is 28.3 Å². The molecule has 5 rings (SSSR count). The molecule has 1 saturated heterocycles. The molecule has 1 aliphatic heterocycles. The van der Waals surface area contributed by atoms with Gasteiger partial charge in [-0.15, -0.1) is 11.3 Å². The molecule has 248 valence electrons. The van der Waals surface area contributed by atoms with Crippen molar-refractivity contribution in [2.24, 2.45) is 10.7 Å². The zero-order valence-electron chi connectivity index (χ0n) is 24.8. The minimum Gasteiger partial charge on any atom is -0.370 e. The van der Waals surface area contributed by atoms with E-state index in [9.17, 15) is 35.5 Å². The van der Waals surface area contributed by atoms with Crippen LogP contribution in [-0.2, 0) is 29.1 Å². The number of carbonyl (C=O) groups is 1. The number of aliphatic imine (C=N–C) groups is 1. The Balaban J connectivity index is 1.36. The Morgan fingerprint density at radius 3 is 2.26 bits per heavy atom. The Kier molecular flexibility index (Phi) is 9.64. The maximum atomic E-state index is 14.0. The number of rotatable bonds is 7. The van der Waals surface area contributed by atoms with Crippen LogP contribution in [0.4, 0.5) is 35.9 Å². The van der Waals surface area contributed by atoms with Gasteiger partial charge in [0.25, 0.3) is 0 Å². The first-order chi connectivity index (χ1) is 21.7. The number of carbonyl (C=O) groups excluding carboxylic acids is 1. The summed E-state index contributed by atoms with van der Waals surface area (Å²) in [5.41, 5.74) is 2.89. The van der Waals surface area contributed by atoms with Crippen molar-refractivity contribution < 1.29 is 35.5 Å². The highest BCUT2D eigenvalue weighted by Gasteiger charge is 2.50. The summed E-state index contributed by atoms with van der Waals surface area (Å²) in [6, 6.07) is 7.77. The number of hydrogen-bond acceptors (Lipinski definition) is 5. The van der Waals surface area contributed by atoms with Gasteiger partial charge in [-0.1, -0.05) is 12.1 Å². The number of nitrogens with one attached hydrogen (secondary N) is 2. The Labute approximate surface area is 265 Å². The monoisotopic (exact) mass is 670 g/mol. The summed E-state index contributed by atoms with van der Waals surface area (Å²) in [6.07, 6.45) is -6.95. The number of piperidine rings is 1. The molecule has 46 heavy (non-hydrogen) atoms. The Morgan fingerprint density at radius 2 is 1.67 bits per heavy atom. The highest BCUT2D eigenvalue weighted by Crippen LogP contribution is 2.45. The molecule has 4 N–H and O–H groups in total. The lowest BCUT2D eigenvalue weighted by Gasteiger charge is -2.37. The molecule has 2 atom stereocenters. The van der Waals surface area contributed by atoms with Gasteiger partial charge in [-0.25, -0.2) is 9.37 Å². The predicted molar refractivity (Wildman–Crippen MR) is 161 cm³/mol. The van der Waals surface area contributed by atoms with Gasteiger partial charge in [-0.2, -0.15) is 26.3 Å². The Hall–Kier alpha value is -3.72. The molecular formula is C31H33F7N6OS. The third kappa shape index (κ3) is 7.46. The fraction of sp³-hybridized carbons (Fsp3) is 0.452. The van der Waals surface area contributed by atoms with Crippen LogP contribution in [0.15, 0.2) is 52.8 Å². The number of benzene rings is 2. The van der Waals surface area contributed by atoms with E-state index in [1.807, 2.05) is 0 Å². The molecule has 0 bridgehead atoms. The van der Waals surface area contributed by atoms with Gasteiger partial charge in [0.15, 0.2) is 11.1 Å². The number of amides is 1. The zero-order valence-corrected chi connectivity index (χ0v) is 25.6. The molecule has 1 amide bonds. The molecular weight excluding hydrogens is 637 g/mol. The van der Waals surface area contributed by atoms with Crippen molar-refractivity contribution in [3.05, 3.63) is 81.6 Å². The second-order valence-electron chi connectivity index (χ2n) is 11.7. The highest BCUT2D eigenvalue weighted by molar-refractivity contribution is 7.14. The van der Waals surface area contributed by atoms with Gasteiger partial charge in [0.2, 0.25) is 5.91 Å². The largest absolute Gasteiger partial charge is 0.416 e. The zero-order chi connectivity index (χ0) is 33.3. The van der Waals surface area contributed by atoms with Crippen molar-refractivity contribution in [3.63, 3.8) is 0 Å². The lowest BCUT2D eigenvalue weighted by atomic mass is 9.81. The summed E-state index contributed by atoms with van der Waals surface area (Å²) in [7, 11) is 1.49. The van der Waals surface area contributed by atoms with E-state index in [1.54, 1.807) is 17.5 Å². The van der Waals surface area contributed by atoms with Gasteiger partial charge in [0.05, 0.1) is 22.2 Å². The minimum atomic E-state index is -5.00.